The first-order valence-corrected chi connectivity index (χ1v) is 8.17. The number of hydrogen-bond acceptors (Lipinski definition) is 3. The van der Waals surface area contributed by atoms with Crippen molar-refractivity contribution in [2.45, 2.75) is 19.4 Å². The maximum absolute atomic E-state index is 12.4. The summed E-state index contributed by atoms with van der Waals surface area (Å²) in [6, 6.07) is 2.75. The summed E-state index contributed by atoms with van der Waals surface area (Å²) in [6.45, 7) is 2.49. The molecule has 0 fully saturated rings. The van der Waals surface area contributed by atoms with E-state index in [0.717, 1.165) is 6.42 Å². The predicted octanol–water partition coefficient (Wildman–Crippen LogP) is 4.26. The Hall–Kier alpha value is -1.27. The van der Waals surface area contributed by atoms with Gasteiger partial charge in [-0.2, -0.15) is 0 Å². The fraction of sp³-hybridized carbons (Fsp3) is 0.333. The Morgan fingerprint density at radius 2 is 2.00 bits per heavy atom. The Balaban J connectivity index is 2.21. The Morgan fingerprint density at radius 1 is 1.35 bits per heavy atom. The third-order valence-electron chi connectivity index (χ3n) is 3.26. The van der Waals surface area contributed by atoms with Crippen molar-refractivity contribution in [3.63, 3.8) is 0 Å². The van der Waals surface area contributed by atoms with Crippen molar-refractivity contribution >= 4 is 40.8 Å². The van der Waals surface area contributed by atoms with Crippen LogP contribution >= 0.6 is 34.8 Å². The van der Waals surface area contributed by atoms with E-state index >= 15 is 0 Å². The zero-order valence-corrected chi connectivity index (χ0v) is 14.7. The van der Waals surface area contributed by atoms with Gasteiger partial charge in [-0.15, -0.1) is 0 Å². The summed E-state index contributed by atoms with van der Waals surface area (Å²) in [5.74, 6) is 0. The van der Waals surface area contributed by atoms with Gasteiger partial charge in [0.05, 0.1) is 12.6 Å². The molecule has 1 heterocycles. The number of aliphatic hydroxyl groups is 1. The van der Waals surface area contributed by atoms with Crippen LogP contribution in [-0.4, -0.2) is 38.7 Å². The summed E-state index contributed by atoms with van der Waals surface area (Å²) in [7, 11) is 0. The Kier molecular flexibility index (Phi) is 6.30. The van der Waals surface area contributed by atoms with E-state index < -0.39 is 6.10 Å². The van der Waals surface area contributed by atoms with E-state index in [9.17, 15) is 9.90 Å². The van der Waals surface area contributed by atoms with E-state index in [0.29, 0.717) is 17.1 Å². The summed E-state index contributed by atoms with van der Waals surface area (Å²) in [4.78, 5) is 17.8. The van der Waals surface area contributed by atoms with Crippen LogP contribution in [0.2, 0.25) is 15.1 Å². The van der Waals surface area contributed by atoms with Gasteiger partial charge in [-0.05, 0) is 18.6 Å². The van der Waals surface area contributed by atoms with Gasteiger partial charge in [0.15, 0.2) is 0 Å². The molecule has 0 bridgehead atoms. The SMILES string of the molecule is CCCN(CC(O)c1c(Cl)cc(Cl)cc1Cl)C(=O)n1ccnc1. The predicted molar refractivity (Wildman–Crippen MR) is 91.3 cm³/mol. The molecular weight excluding hydrogens is 361 g/mol. The molecule has 8 heteroatoms. The van der Waals surface area contributed by atoms with E-state index in [4.69, 9.17) is 34.8 Å². The van der Waals surface area contributed by atoms with Crippen LogP contribution in [0, 0.1) is 0 Å². The topological polar surface area (TPSA) is 58.4 Å². The van der Waals surface area contributed by atoms with Gasteiger partial charge in [0.2, 0.25) is 0 Å². The molecule has 2 rings (SSSR count). The molecule has 0 aliphatic carbocycles. The number of amides is 1. The molecule has 1 N–H and O–H groups in total. The molecule has 0 radical (unpaired) electrons. The number of carbonyl (C=O) groups excluding carboxylic acids is 1. The lowest BCUT2D eigenvalue weighted by Crippen LogP contribution is -2.38. The number of carbonyl (C=O) groups is 1. The lowest BCUT2D eigenvalue weighted by Gasteiger charge is -2.26. The van der Waals surface area contributed by atoms with E-state index in [1.807, 2.05) is 6.92 Å². The molecule has 1 aromatic carbocycles. The van der Waals surface area contributed by atoms with Crippen molar-refractivity contribution in [2.24, 2.45) is 0 Å². The molecule has 1 unspecified atom stereocenters. The fourth-order valence-corrected chi connectivity index (χ4v) is 3.31. The number of aromatic nitrogens is 2. The minimum atomic E-state index is -1.02. The molecule has 1 amide bonds. The number of nitrogens with zero attached hydrogens (tertiary/aromatic N) is 3. The third-order valence-corrected chi connectivity index (χ3v) is 4.10. The van der Waals surface area contributed by atoms with Crippen molar-refractivity contribution in [2.75, 3.05) is 13.1 Å². The number of benzene rings is 1. The Morgan fingerprint density at radius 3 is 2.52 bits per heavy atom. The Bertz CT molecular complexity index is 654. The van der Waals surface area contributed by atoms with Crippen LogP contribution in [0.4, 0.5) is 4.79 Å². The monoisotopic (exact) mass is 375 g/mol. The minimum Gasteiger partial charge on any atom is -0.386 e. The van der Waals surface area contributed by atoms with Gasteiger partial charge in [0, 0.05) is 39.6 Å². The lowest BCUT2D eigenvalue weighted by molar-refractivity contribution is 0.121. The van der Waals surface area contributed by atoms with Crippen molar-refractivity contribution < 1.29 is 9.90 Å². The first-order chi connectivity index (χ1) is 10.9. The van der Waals surface area contributed by atoms with Gasteiger partial charge >= 0.3 is 6.03 Å². The van der Waals surface area contributed by atoms with E-state index in [1.165, 1.54) is 34.1 Å². The molecule has 1 atom stereocenters. The van der Waals surface area contributed by atoms with Crippen LogP contribution in [0.15, 0.2) is 30.9 Å². The highest BCUT2D eigenvalue weighted by atomic mass is 35.5. The number of rotatable bonds is 5. The first-order valence-electron chi connectivity index (χ1n) is 7.03. The second kappa shape index (κ2) is 8.02. The molecule has 2 aromatic rings. The van der Waals surface area contributed by atoms with Crippen LogP contribution in [0.5, 0.6) is 0 Å². The molecule has 0 aliphatic rings. The first kappa shape index (κ1) is 18.1. The summed E-state index contributed by atoms with van der Waals surface area (Å²) < 4.78 is 1.35. The molecule has 0 aliphatic heterocycles. The normalized spacial score (nSPS) is 12.2. The lowest BCUT2D eigenvalue weighted by atomic mass is 10.1. The summed E-state index contributed by atoms with van der Waals surface area (Å²) >= 11 is 18.1. The van der Waals surface area contributed by atoms with Gasteiger partial charge in [0.1, 0.15) is 6.33 Å². The van der Waals surface area contributed by atoms with E-state index in [-0.39, 0.29) is 22.6 Å². The van der Waals surface area contributed by atoms with Gasteiger partial charge in [-0.1, -0.05) is 41.7 Å². The average molecular weight is 377 g/mol. The standard InChI is InChI=1S/C15H16Cl3N3O2/c1-2-4-20(15(23)21-5-3-19-9-21)8-13(22)14-11(17)6-10(16)7-12(14)18/h3,5-7,9,13,22H,2,4,8H2,1H3. The minimum absolute atomic E-state index is 0.0614. The largest absolute Gasteiger partial charge is 0.386 e. The number of halogens is 3. The van der Waals surface area contributed by atoms with Crippen molar-refractivity contribution in [1.29, 1.82) is 0 Å². The second-order valence-electron chi connectivity index (χ2n) is 5.00. The molecule has 0 saturated heterocycles. The van der Waals surface area contributed by atoms with Gasteiger partial charge in [-0.25, -0.2) is 9.78 Å². The highest BCUT2D eigenvalue weighted by Crippen LogP contribution is 2.34. The number of aliphatic hydroxyl groups excluding tert-OH is 1. The van der Waals surface area contributed by atoms with Crippen LogP contribution in [0.25, 0.3) is 0 Å². The Labute approximate surface area is 149 Å². The van der Waals surface area contributed by atoms with E-state index in [1.54, 1.807) is 6.20 Å². The smallest absolute Gasteiger partial charge is 0.329 e. The fourth-order valence-electron chi connectivity index (χ4n) is 2.24. The number of imidazole rings is 1. The van der Waals surface area contributed by atoms with Crippen LogP contribution in [-0.2, 0) is 0 Å². The van der Waals surface area contributed by atoms with E-state index in [2.05, 4.69) is 4.98 Å². The highest BCUT2D eigenvalue weighted by Gasteiger charge is 2.23. The van der Waals surface area contributed by atoms with Gasteiger partial charge in [-0.3, -0.25) is 4.57 Å². The zero-order chi connectivity index (χ0) is 17.0. The van der Waals surface area contributed by atoms with Crippen molar-refractivity contribution in [3.05, 3.63) is 51.5 Å². The second-order valence-corrected chi connectivity index (χ2v) is 6.25. The summed E-state index contributed by atoms with van der Waals surface area (Å²) in [5, 5.41) is 11.4. The molecule has 124 valence electrons. The zero-order valence-electron chi connectivity index (χ0n) is 12.4. The molecule has 23 heavy (non-hydrogen) atoms. The summed E-state index contributed by atoms with van der Waals surface area (Å²) in [6.07, 6.45) is 4.21. The maximum atomic E-state index is 12.4. The summed E-state index contributed by atoms with van der Waals surface area (Å²) in [5.41, 5.74) is 0.359. The molecular formula is C15H16Cl3N3O2. The quantitative estimate of drug-likeness (QED) is 0.848. The molecule has 5 nitrogen and oxygen atoms in total. The molecule has 0 spiro atoms. The average Bonchev–Trinajstić information content (AvgIpc) is 2.99. The molecule has 1 aromatic heterocycles. The van der Waals surface area contributed by atoms with Crippen LogP contribution < -0.4 is 0 Å². The maximum Gasteiger partial charge on any atom is 0.329 e. The van der Waals surface area contributed by atoms with Crippen molar-refractivity contribution in [1.82, 2.24) is 14.5 Å². The van der Waals surface area contributed by atoms with Gasteiger partial charge in [0.25, 0.3) is 0 Å². The number of hydrogen-bond donors (Lipinski definition) is 1. The molecule has 0 saturated carbocycles. The van der Waals surface area contributed by atoms with Crippen LogP contribution in [0.1, 0.15) is 25.0 Å². The third kappa shape index (κ3) is 4.38. The van der Waals surface area contributed by atoms with Crippen molar-refractivity contribution in [3.8, 4) is 0 Å². The van der Waals surface area contributed by atoms with Crippen LogP contribution in [0.3, 0.4) is 0 Å². The highest BCUT2D eigenvalue weighted by molar-refractivity contribution is 6.39. The van der Waals surface area contributed by atoms with Gasteiger partial charge < -0.3 is 10.0 Å².